The molecule has 0 nitrogen and oxygen atoms in total. The van der Waals surface area contributed by atoms with Crippen LogP contribution in [0.25, 0.3) is 0 Å². The summed E-state index contributed by atoms with van der Waals surface area (Å²) < 4.78 is 0. The number of hydrogen-bond acceptors (Lipinski definition) is 0. The molecule has 0 saturated heterocycles. The lowest BCUT2D eigenvalue weighted by molar-refractivity contribution is 0.813. The molecule has 0 heterocycles. The van der Waals surface area contributed by atoms with Gasteiger partial charge in [0.2, 0.25) is 0 Å². The third-order valence-electron chi connectivity index (χ3n) is 2.03. The Bertz CT molecular complexity index is 239. The molecule has 0 aromatic heterocycles. The second-order valence-electron chi connectivity index (χ2n) is 3.88. The predicted octanol–water partition coefficient (Wildman–Crippen LogP) is 4.67. The summed E-state index contributed by atoms with van der Waals surface area (Å²) in [6.45, 7) is 14.0. The molecule has 0 aliphatic carbocycles. The Balaban J connectivity index is 4.09. The van der Waals surface area contributed by atoms with Gasteiger partial charge in [-0.2, -0.15) is 0 Å². The lowest BCUT2D eigenvalue weighted by Gasteiger charge is -2.02. The molecular weight excluding hydrogens is 168 g/mol. The summed E-state index contributed by atoms with van der Waals surface area (Å²) in [6.07, 6.45) is 10.5. The summed E-state index contributed by atoms with van der Waals surface area (Å²) in [5, 5.41) is 0. The minimum absolute atomic E-state index is 0.604. The summed E-state index contributed by atoms with van der Waals surface area (Å²) in [5.41, 5.74) is 2.59. The molecule has 0 atom stereocenters. The summed E-state index contributed by atoms with van der Waals surface area (Å²) in [5.74, 6) is 0.604. The molecule has 0 heteroatoms. The zero-order valence-electron chi connectivity index (χ0n) is 9.72. The van der Waals surface area contributed by atoms with E-state index in [9.17, 15) is 0 Å². The lowest BCUT2D eigenvalue weighted by Crippen LogP contribution is -1.85. The fraction of sp³-hybridized carbons (Fsp3) is 0.429. The van der Waals surface area contributed by atoms with E-state index in [1.54, 1.807) is 0 Å². The van der Waals surface area contributed by atoms with Crippen LogP contribution in [0.5, 0.6) is 0 Å². The second-order valence-corrected chi connectivity index (χ2v) is 3.88. The molecule has 0 rings (SSSR count). The average Bonchev–Trinajstić information content (AvgIpc) is 2.15. The van der Waals surface area contributed by atoms with Crippen molar-refractivity contribution < 1.29 is 0 Å². The third-order valence-corrected chi connectivity index (χ3v) is 2.03. The van der Waals surface area contributed by atoms with Crippen molar-refractivity contribution in [2.45, 2.75) is 33.6 Å². The molecular formula is C14H22. The van der Waals surface area contributed by atoms with Crippen molar-refractivity contribution in [3.8, 4) is 0 Å². The molecule has 0 amide bonds. The van der Waals surface area contributed by atoms with Crippen LogP contribution in [-0.4, -0.2) is 0 Å². The highest BCUT2D eigenvalue weighted by Crippen LogP contribution is 2.11. The maximum atomic E-state index is 3.82. The van der Waals surface area contributed by atoms with E-state index in [4.69, 9.17) is 0 Å². The highest BCUT2D eigenvalue weighted by atomic mass is 14.0. The SMILES string of the molecule is C=CC(C)=CCCC(C=C)=CC(C)C. The number of hydrogen-bond donors (Lipinski definition) is 0. The van der Waals surface area contributed by atoms with Crippen molar-refractivity contribution in [1.29, 1.82) is 0 Å². The first-order valence-electron chi connectivity index (χ1n) is 5.22. The quantitative estimate of drug-likeness (QED) is 0.534. The molecule has 0 fully saturated rings. The molecule has 0 unspecified atom stereocenters. The number of allylic oxidation sites excluding steroid dienone is 6. The van der Waals surface area contributed by atoms with Gasteiger partial charge >= 0.3 is 0 Å². The minimum atomic E-state index is 0.604. The largest absolute Gasteiger partial charge is 0.0988 e. The van der Waals surface area contributed by atoms with Crippen LogP contribution in [0.3, 0.4) is 0 Å². The van der Waals surface area contributed by atoms with Crippen LogP contribution in [-0.2, 0) is 0 Å². The first-order chi connectivity index (χ1) is 6.60. The van der Waals surface area contributed by atoms with Gasteiger partial charge in [0.05, 0.1) is 0 Å². The Morgan fingerprint density at radius 3 is 2.29 bits per heavy atom. The van der Waals surface area contributed by atoms with Gasteiger partial charge in [-0.25, -0.2) is 0 Å². The van der Waals surface area contributed by atoms with Gasteiger partial charge in [0.15, 0.2) is 0 Å². The molecule has 0 aromatic carbocycles. The molecule has 78 valence electrons. The Labute approximate surface area is 88.7 Å². The zero-order chi connectivity index (χ0) is 11.0. The molecule has 0 N–H and O–H groups in total. The molecule has 0 radical (unpaired) electrons. The van der Waals surface area contributed by atoms with Crippen molar-refractivity contribution in [2.24, 2.45) is 5.92 Å². The first-order valence-corrected chi connectivity index (χ1v) is 5.22. The average molecular weight is 190 g/mol. The smallest absolute Gasteiger partial charge is 0.0247 e. The van der Waals surface area contributed by atoms with Gasteiger partial charge < -0.3 is 0 Å². The van der Waals surface area contributed by atoms with Crippen molar-refractivity contribution in [3.63, 3.8) is 0 Å². The second kappa shape index (κ2) is 7.37. The summed E-state index contributed by atoms with van der Waals surface area (Å²) in [4.78, 5) is 0. The standard InChI is InChI=1S/C14H22/c1-6-13(5)9-8-10-14(7-2)11-12(3)4/h6-7,9,11-12H,1-2,8,10H2,3-5H3. The van der Waals surface area contributed by atoms with Gasteiger partial charge in [-0.1, -0.05) is 62.5 Å². The maximum Gasteiger partial charge on any atom is -0.0247 e. The first kappa shape index (κ1) is 13.0. The zero-order valence-corrected chi connectivity index (χ0v) is 9.72. The minimum Gasteiger partial charge on any atom is -0.0988 e. The third kappa shape index (κ3) is 6.47. The van der Waals surface area contributed by atoms with Crippen LogP contribution >= 0.6 is 0 Å². The molecule has 0 aliphatic heterocycles. The Hall–Kier alpha value is -1.04. The van der Waals surface area contributed by atoms with E-state index in [1.807, 2.05) is 12.2 Å². The van der Waals surface area contributed by atoms with E-state index in [2.05, 4.69) is 46.1 Å². The Kier molecular flexibility index (Phi) is 6.82. The van der Waals surface area contributed by atoms with Gasteiger partial charge in [-0.15, -0.1) is 0 Å². The number of rotatable bonds is 6. The molecule has 0 spiro atoms. The van der Waals surface area contributed by atoms with Gasteiger partial charge in [0, 0.05) is 0 Å². The lowest BCUT2D eigenvalue weighted by atomic mass is 10.0. The molecule has 0 aliphatic rings. The van der Waals surface area contributed by atoms with E-state index < -0.39 is 0 Å². The normalized spacial score (nSPS) is 13.1. The van der Waals surface area contributed by atoms with Crippen molar-refractivity contribution in [1.82, 2.24) is 0 Å². The Morgan fingerprint density at radius 1 is 1.21 bits per heavy atom. The van der Waals surface area contributed by atoms with Crippen LogP contribution < -0.4 is 0 Å². The van der Waals surface area contributed by atoms with Gasteiger partial charge in [0.25, 0.3) is 0 Å². The van der Waals surface area contributed by atoms with Crippen molar-refractivity contribution in [3.05, 3.63) is 48.6 Å². The highest BCUT2D eigenvalue weighted by molar-refractivity contribution is 5.19. The fourth-order valence-electron chi connectivity index (χ4n) is 1.23. The summed E-state index contributed by atoms with van der Waals surface area (Å²) in [7, 11) is 0. The molecule has 14 heavy (non-hydrogen) atoms. The van der Waals surface area contributed by atoms with E-state index in [0.29, 0.717) is 5.92 Å². The summed E-state index contributed by atoms with van der Waals surface area (Å²) in [6, 6.07) is 0. The van der Waals surface area contributed by atoms with Gasteiger partial charge in [-0.05, 0) is 25.7 Å². The predicted molar refractivity (Wildman–Crippen MR) is 66.3 cm³/mol. The van der Waals surface area contributed by atoms with E-state index in [-0.39, 0.29) is 0 Å². The molecule has 0 bridgehead atoms. The van der Waals surface area contributed by atoms with E-state index in [0.717, 1.165) is 12.8 Å². The summed E-state index contributed by atoms with van der Waals surface area (Å²) >= 11 is 0. The van der Waals surface area contributed by atoms with Gasteiger partial charge in [0.1, 0.15) is 0 Å². The topological polar surface area (TPSA) is 0 Å². The van der Waals surface area contributed by atoms with E-state index >= 15 is 0 Å². The monoisotopic (exact) mass is 190 g/mol. The van der Waals surface area contributed by atoms with Crippen molar-refractivity contribution >= 4 is 0 Å². The van der Waals surface area contributed by atoms with Crippen LogP contribution in [0.2, 0.25) is 0 Å². The fourth-order valence-corrected chi connectivity index (χ4v) is 1.23. The van der Waals surface area contributed by atoms with Crippen LogP contribution in [0, 0.1) is 5.92 Å². The maximum absolute atomic E-state index is 3.82. The van der Waals surface area contributed by atoms with Crippen molar-refractivity contribution in [2.75, 3.05) is 0 Å². The van der Waals surface area contributed by atoms with E-state index in [1.165, 1.54) is 11.1 Å². The molecule has 0 aromatic rings. The van der Waals surface area contributed by atoms with Crippen LogP contribution in [0.15, 0.2) is 48.6 Å². The Morgan fingerprint density at radius 2 is 1.86 bits per heavy atom. The molecule has 0 saturated carbocycles. The highest BCUT2D eigenvalue weighted by Gasteiger charge is 1.93. The van der Waals surface area contributed by atoms with Gasteiger partial charge in [-0.3, -0.25) is 0 Å². The van der Waals surface area contributed by atoms with Crippen LogP contribution in [0.1, 0.15) is 33.6 Å². The van der Waals surface area contributed by atoms with Crippen LogP contribution in [0.4, 0.5) is 0 Å².